The lowest BCUT2D eigenvalue weighted by Gasteiger charge is -2.11. The first-order valence-corrected chi connectivity index (χ1v) is 8.20. The van der Waals surface area contributed by atoms with E-state index in [-0.39, 0.29) is 23.7 Å². The average Bonchev–Trinajstić information content (AvgIpc) is 2.71. The number of hydrogen-bond donors (Lipinski definition) is 1. The topological polar surface area (TPSA) is 112 Å². The molecule has 3 heterocycles. The van der Waals surface area contributed by atoms with E-state index in [0.29, 0.717) is 29.4 Å². The van der Waals surface area contributed by atoms with Gasteiger partial charge in [-0.25, -0.2) is 19.9 Å². The standard InChI is InChI=1S/C18H18N6O3/c1-24-15(23-13(10-16(24)25)12-5-8-19-11-22-12)6-9-21-18(26)17-14(27-2)4-3-7-20-17/h3-5,7-8,10-11H,6,9H2,1-2H3,(H,21,26). The Morgan fingerprint density at radius 2 is 2.07 bits per heavy atom. The third kappa shape index (κ3) is 4.14. The van der Waals surface area contributed by atoms with Crippen LogP contribution in [0, 0.1) is 0 Å². The maximum atomic E-state index is 12.3. The molecule has 0 unspecified atom stereocenters. The van der Waals surface area contributed by atoms with Crippen LogP contribution in [0.15, 0.2) is 47.8 Å². The summed E-state index contributed by atoms with van der Waals surface area (Å²) in [6.45, 7) is 0.284. The van der Waals surface area contributed by atoms with Crippen molar-refractivity contribution in [1.29, 1.82) is 0 Å². The zero-order valence-corrected chi connectivity index (χ0v) is 14.9. The maximum Gasteiger partial charge on any atom is 0.273 e. The number of pyridine rings is 1. The number of methoxy groups -OCH3 is 1. The van der Waals surface area contributed by atoms with Gasteiger partial charge in [0.2, 0.25) is 0 Å². The van der Waals surface area contributed by atoms with Crippen LogP contribution in [0.5, 0.6) is 5.75 Å². The summed E-state index contributed by atoms with van der Waals surface area (Å²) in [6, 6.07) is 6.45. The summed E-state index contributed by atoms with van der Waals surface area (Å²) in [5.74, 6) is 0.570. The molecule has 0 saturated heterocycles. The number of nitrogens with zero attached hydrogens (tertiary/aromatic N) is 5. The molecule has 0 saturated carbocycles. The average molecular weight is 366 g/mol. The molecule has 0 aromatic carbocycles. The molecule has 9 nitrogen and oxygen atoms in total. The van der Waals surface area contributed by atoms with E-state index in [1.165, 1.54) is 30.3 Å². The van der Waals surface area contributed by atoms with Crippen molar-refractivity contribution >= 4 is 5.91 Å². The Kier molecular flexibility index (Phi) is 5.50. The van der Waals surface area contributed by atoms with Crippen molar-refractivity contribution in [3.05, 3.63) is 64.9 Å². The fourth-order valence-electron chi connectivity index (χ4n) is 2.48. The van der Waals surface area contributed by atoms with E-state index in [9.17, 15) is 9.59 Å². The summed E-state index contributed by atoms with van der Waals surface area (Å²) in [5.41, 5.74) is 1.03. The normalized spacial score (nSPS) is 10.4. The van der Waals surface area contributed by atoms with Gasteiger partial charge in [0.1, 0.15) is 17.9 Å². The fourth-order valence-corrected chi connectivity index (χ4v) is 2.48. The first-order valence-electron chi connectivity index (χ1n) is 8.20. The Hall–Kier alpha value is -3.62. The van der Waals surface area contributed by atoms with Crippen LogP contribution in [0.3, 0.4) is 0 Å². The van der Waals surface area contributed by atoms with Crippen LogP contribution in [0.1, 0.15) is 16.3 Å². The van der Waals surface area contributed by atoms with Crippen LogP contribution in [0.4, 0.5) is 0 Å². The Morgan fingerprint density at radius 3 is 2.81 bits per heavy atom. The zero-order chi connectivity index (χ0) is 19.2. The number of hydrogen-bond acceptors (Lipinski definition) is 7. The van der Waals surface area contributed by atoms with Crippen molar-refractivity contribution in [2.24, 2.45) is 7.05 Å². The first kappa shape index (κ1) is 18.2. The number of amides is 1. The number of ether oxygens (including phenoxy) is 1. The number of nitrogens with one attached hydrogen (secondary N) is 1. The van der Waals surface area contributed by atoms with Gasteiger partial charge in [0.15, 0.2) is 5.69 Å². The Labute approximate surface area is 155 Å². The molecule has 138 valence electrons. The first-order chi connectivity index (χ1) is 13.1. The van der Waals surface area contributed by atoms with Gasteiger partial charge in [0.25, 0.3) is 11.5 Å². The molecule has 27 heavy (non-hydrogen) atoms. The monoisotopic (exact) mass is 366 g/mol. The van der Waals surface area contributed by atoms with Crippen molar-refractivity contribution in [1.82, 2.24) is 29.8 Å². The third-order valence-electron chi connectivity index (χ3n) is 3.91. The number of aromatic nitrogens is 5. The lowest BCUT2D eigenvalue weighted by molar-refractivity contribution is 0.0945. The minimum Gasteiger partial charge on any atom is -0.494 e. The molecule has 0 radical (unpaired) electrons. The van der Waals surface area contributed by atoms with Gasteiger partial charge in [-0.2, -0.15) is 0 Å². The smallest absolute Gasteiger partial charge is 0.273 e. The molecule has 0 aliphatic heterocycles. The highest BCUT2D eigenvalue weighted by atomic mass is 16.5. The van der Waals surface area contributed by atoms with E-state index in [2.05, 4.69) is 25.3 Å². The Morgan fingerprint density at radius 1 is 1.22 bits per heavy atom. The van der Waals surface area contributed by atoms with Crippen LogP contribution in [0.25, 0.3) is 11.4 Å². The van der Waals surface area contributed by atoms with E-state index in [0.717, 1.165) is 0 Å². The van der Waals surface area contributed by atoms with Crippen LogP contribution in [-0.4, -0.2) is 44.1 Å². The van der Waals surface area contributed by atoms with E-state index in [4.69, 9.17) is 4.74 Å². The van der Waals surface area contributed by atoms with Gasteiger partial charge in [-0.05, 0) is 18.2 Å². The summed E-state index contributed by atoms with van der Waals surface area (Å²) in [6.07, 6.45) is 4.87. The largest absolute Gasteiger partial charge is 0.494 e. The highest BCUT2D eigenvalue weighted by Gasteiger charge is 2.14. The van der Waals surface area contributed by atoms with Gasteiger partial charge in [-0.3, -0.25) is 14.2 Å². The molecule has 0 aliphatic rings. The van der Waals surface area contributed by atoms with Gasteiger partial charge >= 0.3 is 0 Å². The number of rotatable bonds is 6. The van der Waals surface area contributed by atoms with Crippen LogP contribution < -0.4 is 15.6 Å². The molecule has 0 spiro atoms. The third-order valence-corrected chi connectivity index (χ3v) is 3.91. The second-order valence-electron chi connectivity index (χ2n) is 5.61. The van der Waals surface area contributed by atoms with Crippen molar-refractivity contribution in [3.63, 3.8) is 0 Å². The molecular weight excluding hydrogens is 348 g/mol. The second-order valence-corrected chi connectivity index (χ2v) is 5.61. The molecule has 3 aromatic heterocycles. The number of carbonyl (C=O) groups is 1. The van der Waals surface area contributed by atoms with Crippen LogP contribution >= 0.6 is 0 Å². The second kappa shape index (κ2) is 8.17. The molecular formula is C18H18N6O3. The van der Waals surface area contributed by atoms with Crippen LogP contribution in [-0.2, 0) is 13.5 Å². The molecule has 0 bridgehead atoms. The lowest BCUT2D eigenvalue weighted by atomic mass is 10.2. The Bertz CT molecular complexity index is 1000. The summed E-state index contributed by atoms with van der Waals surface area (Å²) in [4.78, 5) is 41.0. The summed E-state index contributed by atoms with van der Waals surface area (Å²) in [5, 5.41) is 2.77. The molecule has 0 fully saturated rings. The summed E-state index contributed by atoms with van der Waals surface area (Å²) >= 11 is 0. The quantitative estimate of drug-likeness (QED) is 0.680. The van der Waals surface area contributed by atoms with Crippen LogP contribution in [0.2, 0.25) is 0 Å². The van der Waals surface area contributed by atoms with E-state index >= 15 is 0 Å². The van der Waals surface area contributed by atoms with Gasteiger partial charge < -0.3 is 10.1 Å². The van der Waals surface area contributed by atoms with E-state index in [1.54, 1.807) is 31.4 Å². The highest BCUT2D eigenvalue weighted by Crippen LogP contribution is 2.14. The Balaban J connectivity index is 1.73. The predicted molar refractivity (Wildman–Crippen MR) is 97.3 cm³/mol. The SMILES string of the molecule is COc1cccnc1C(=O)NCCc1nc(-c2ccncn2)cc(=O)n1C. The van der Waals surface area contributed by atoms with Gasteiger partial charge in [-0.15, -0.1) is 0 Å². The van der Waals surface area contributed by atoms with E-state index in [1.807, 2.05) is 0 Å². The minimum atomic E-state index is -0.357. The zero-order valence-electron chi connectivity index (χ0n) is 14.9. The van der Waals surface area contributed by atoms with Crippen molar-refractivity contribution < 1.29 is 9.53 Å². The fraction of sp³-hybridized carbons (Fsp3) is 0.222. The van der Waals surface area contributed by atoms with Gasteiger partial charge in [0.05, 0.1) is 18.5 Å². The number of carbonyl (C=O) groups excluding carboxylic acids is 1. The molecule has 1 amide bonds. The summed E-state index contributed by atoms with van der Waals surface area (Å²) in [7, 11) is 3.12. The summed E-state index contributed by atoms with van der Waals surface area (Å²) < 4.78 is 6.58. The molecule has 9 heteroatoms. The van der Waals surface area contributed by atoms with Gasteiger partial charge in [-0.1, -0.05) is 0 Å². The minimum absolute atomic E-state index is 0.202. The van der Waals surface area contributed by atoms with Gasteiger partial charge in [0, 0.05) is 38.5 Å². The predicted octanol–water partition coefficient (Wildman–Crippen LogP) is 0.613. The lowest BCUT2D eigenvalue weighted by Crippen LogP contribution is -2.29. The molecule has 3 aromatic rings. The molecule has 0 aliphatic carbocycles. The van der Waals surface area contributed by atoms with Crippen molar-refractivity contribution in [3.8, 4) is 17.1 Å². The maximum absolute atomic E-state index is 12.3. The highest BCUT2D eigenvalue weighted by molar-refractivity contribution is 5.94. The molecule has 1 N–H and O–H groups in total. The van der Waals surface area contributed by atoms with Crippen molar-refractivity contribution in [2.75, 3.05) is 13.7 Å². The molecule has 3 rings (SSSR count). The van der Waals surface area contributed by atoms with E-state index < -0.39 is 0 Å². The molecule has 0 atom stereocenters. The van der Waals surface area contributed by atoms with Crippen molar-refractivity contribution in [2.45, 2.75) is 6.42 Å².